The standard InChI is InChI=1S/C20H20ClN3O4/c1-4-28-23-20(25)18-12-17(16-9-8-15(26-2)11-19(16)27-3)22-24(18)14-7-5-6-13(21)10-14/h5-12H,4H2,1-3H3,(H,23,25). The Morgan fingerprint density at radius 2 is 1.96 bits per heavy atom. The molecule has 1 aromatic heterocycles. The lowest BCUT2D eigenvalue weighted by atomic mass is 10.1. The van der Waals surface area contributed by atoms with E-state index in [1.807, 2.05) is 12.1 Å². The van der Waals surface area contributed by atoms with E-state index in [2.05, 4.69) is 10.6 Å². The predicted octanol–water partition coefficient (Wildman–Crippen LogP) is 3.89. The maximum atomic E-state index is 12.6. The van der Waals surface area contributed by atoms with Crippen LogP contribution in [0.3, 0.4) is 0 Å². The van der Waals surface area contributed by atoms with Crippen LogP contribution < -0.4 is 15.0 Å². The summed E-state index contributed by atoms with van der Waals surface area (Å²) in [7, 11) is 3.15. The third-order valence-corrected chi connectivity index (χ3v) is 4.22. The maximum absolute atomic E-state index is 12.6. The summed E-state index contributed by atoms with van der Waals surface area (Å²) < 4.78 is 12.2. The highest BCUT2D eigenvalue weighted by atomic mass is 35.5. The molecule has 0 unspecified atom stereocenters. The Bertz CT molecular complexity index is 987. The summed E-state index contributed by atoms with van der Waals surface area (Å²) in [5.74, 6) is 0.809. The van der Waals surface area contributed by atoms with Crippen molar-refractivity contribution in [1.82, 2.24) is 15.3 Å². The van der Waals surface area contributed by atoms with Gasteiger partial charge in [0.15, 0.2) is 0 Å². The van der Waals surface area contributed by atoms with Crippen LogP contribution >= 0.6 is 11.6 Å². The van der Waals surface area contributed by atoms with Crippen LogP contribution in [0, 0.1) is 0 Å². The zero-order chi connectivity index (χ0) is 20.1. The Hall–Kier alpha value is -3.03. The summed E-state index contributed by atoms with van der Waals surface area (Å²) in [5, 5.41) is 5.14. The second kappa shape index (κ2) is 8.77. The molecule has 8 heteroatoms. The van der Waals surface area contributed by atoms with Crippen molar-refractivity contribution in [1.29, 1.82) is 0 Å². The van der Waals surface area contributed by atoms with Gasteiger partial charge in [0.2, 0.25) is 0 Å². The molecule has 28 heavy (non-hydrogen) atoms. The highest BCUT2D eigenvalue weighted by Crippen LogP contribution is 2.33. The largest absolute Gasteiger partial charge is 0.497 e. The van der Waals surface area contributed by atoms with Crippen molar-refractivity contribution < 1.29 is 19.1 Å². The molecule has 0 aliphatic carbocycles. The minimum atomic E-state index is -0.423. The third kappa shape index (κ3) is 4.11. The second-order valence-corrected chi connectivity index (χ2v) is 6.17. The van der Waals surface area contributed by atoms with Crippen LogP contribution in [0.15, 0.2) is 48.5 Å². The van der Waals surface area contributed by atoms with E-state index in [-0.39, 0.29) is 0 Å². The minimum absolute atomic E-state index is 0.295. The molecule has 1 heterocycles. The van der Waals surface area contributed by atoms with E-state index in [9.17, 15) is 4.79 Å². The van der Waals surface area contributed by atoms with E-state index < -0.39 is 5.91 Å². The molecule has 0 atom stereocenters. The highest BCUT2D eigenvalue weighted by Gasteiger charge is 2.20. The first-order valence-electron chi connectivity index (χ1n) is 8.58. The number of methoxy groups -OCH3 is 2. The highest BCUT2D eigenvalue weighted by molar-refractivity contribution is 6.30. The van der Waals surface area contributed by atoms with E-state index in [1.165, 1.54) is 4.68 Å². The van der Waals surface area contributed by atoms with E-state index in [1.54, 1.807) is 57.5 Å². The number of hydroxylamine groups is 1. The van der Waals surface area contributed by atoms with Crippen molar-refractivity contribution in [2.75, 3.05) is 20.8 Å². The Kier molecular flexibility index (Phi) is 6.18. The summed E-state index contributed by atoms with van der Waals surface area (Å²) in [6.07, 6.45) is 0. The number of ether oxygens (including phenoxy) is 2. The molecular formula is C20H20ClN3O4. The van der Waals surface area contributed by atoms with E-state index in [4.69, 9.17) is 25.9 Å². The van der Waals surface area contributed by atoms with Crippen molar-refractivity contribution in [3.63, 3.8) is 0 Å². The predicted molar refractivity (Wildman–Crippen MR) is 106 cm³/mol. The lowest BCUT2D eigenvalue weighted by molar-refractivity contribution is 0.0357. The quantitative estimate of drug-likeness (QED) is 0.608. The molecule has 0 fully saturated rings. The molecule has 0 aliphatic rings. The summed E-state index contributed by atoms with van der Waals surface area (Å²) in [6, 6.07) is 14.1. The lowest BCUT2D eigenvalue weighted by Gasteiger charge is -2.09. The molecule has 0 saturated carbocycles. The zero-order valence-corrected chi connectivity index (χ0v) is 16.5. The van der Waals surface area contributed by atoms with Gasteiger partial charge in [0.05, 0.1) is 32.2 Å². The van der Waals surface area contributed by atoms with E-state index >= 15 is 0 Å². The fourth-order valence-corrected chi connectivity index (χ4v) is 2.86. The third-order valence-electron chi connectivity index (χ3n) is 3.99. The number of carbonyl (C=O) groups is 1. The van der Waals surface area contributed by atoms with Gasteiger partial charge in [0.1, 0.15) is 17.2 Å². The summed E-state index contributed by atoms with van der Waals surface area (Å²) in [4.78, 5) is 17.6. The Balaban J connectivity index is 2.12. The number of carbonyl (C=O) groups excluding carboxylic acids is 1. The zero-order valence-electron chi connectivity index (χ0n) is 15.7. The second-order valence-electron chi connectivity index (χ2n) is 5.74. The summed E-state index contributed by atoms with van der Waals surface area (Å²) in [6.45, 7) is 2.12. The molecule has 0 saturated heterocycles. The number of nitrogens with zero attached hydrogens (tertiary/aromatic N) is 2. The maximum Gasteiger partial charge on any atom is 0.293 e. The number of amides is 1. The van der Waals surface area contributed by atoms with Crippen molar-refractivity contribution in [3.05, 3.63) is 59.2 Å². The summed E-state index contributed by atoms with van der Waals surface area (Å²) >= 11 is 6.11. The number of rotatable bonds is 7. The molecule has 146 valence electrons. The number of aromatic nitrogens is 2. The fourth-order valence-electron chi connectivity index (χ4n) is 2.68. The van der Waals surface area contributed by atoms with Crippen molar-refractivity contribution >= 4 is 17.5 Å². The van der Waals surface area contributed by atoms with Crippen molar-refractivity contribution in [3.8, 4) is 28.4 Å². The summed E-state index contributed by atoms with van der Waals surface area (Å²) in [5.41, 5.74) is 4.62. The average Bonchev–Trinajstić information content (AvgIpc) is 3.16. The Morgan fingerprint density at radius 3 is 2.64 bits per heavy atom. The monoisotopic (exact) mass is 401 g/mol. The molecule has 1 N–H and O–H groups in total. The smallest absolute Gasteiger partial charge is 0.293 e. The molecule has 0 aliphatic heterocycles. The number of nitrogens with one attached hydrogen (secondary N) is 1. The molecule has 7 nitrogen and oxygen atoms in total. The Morgan fingerprint density at radius 1 is 1.14 bits per heavy atom. The van der Waals surface area contributed by atoms with Gasteiger partial charge in [-0.15, -0.1) is 0 Å². The Labute approximate surface area is 167 Å². The molecule has 3 rings (SSSR count). The lowest BCUT2D eigenvalue weighted by Crippen LogP contribution is -2.26. The van der Waals surface area contributed by atoms with Crippen LogP contribution in [0.25, 0.3) is 16.9 Å². The van der Waals surface area contributed by atoms with Gasteiger partial charge in [-0.2, -0.15) is 5.10 Å². The van der Waals surface area contributed by atoms with Crippen LogP contribution in [0.4, 0.5) is 0 Å². The van der Waals surface area contributed by atoms with Gasteiger partial charge in [-0.05, 0) is 43.3 Å². The van der Waals surface area contributed by atoms with Crippen LogP contribution in [0.5, 0.6) is 11.5 Å². The van der Waals surface area contributed by atoms with E-state index in [0.29, 0.717) is 40.2 Å². The molecule has 0 bridgehead atoms. The number of hydrogen-bond donors (Lipinski definition) is 1. The molecular weight excluding hydrogens is 382 g/mol. The van der Waals surface area contributed by atoms with Gasteiger partial charge < -0.3 is 9.47 Å². The topological polar surface area (TPSA) is 74.6 Å². The average molecular weight is 402 g/mol. The van der Waals surface area contributed by atoms with Crippen molar-refractivity contribution in [2.45, 2.75) is 6.92 Å². The molecule has 0 radical (unpaired) electrons. The first kappa shape index (κ1) is 19.7. The van der Waals surface area contributed by atoms with Gasteiger partial charge in [-0.3, -0.25) is 9.63 Å². The van der Waals surface area contributed by atoms with Crippen LogP contribution in [0.1, 0.15) is 17.4 Å². The normalized spacial score (nSPS) is 10.6. The van der Waals surface area contributed by atoms with Gasteiger partial charge in [-0.1, -0.05) is 17.7 Å². The first-order valence-corrected chi connectivity index (χ1v) is 8.95. The number of hydrogen-bond acceptors (Lipinski definition) is 5. The van der Waals surface area contributed by atoms with Gasteiger partial charge in [0, 0.05) is 16.7 Å². The SMILES string of the molecule is CCONC(=O)c1cc(-c2ccc(OC)cc2OC)nn1-c1cccc(Cl)c1. The molecule has 2 aromatic carbocycles. The fraction of sp³-hybridized carbons (Fsp3) is 0.200. The molecule has 3 aromatic rings. The van der Waals surface area contributed by atoms with Gasteiger partial charge in [0.25, 0.3) is 5.91 Å². The first-order chi connectivity index (χ1) is 13.6. The van der Waals surface area contributed by atoms with Gasteiger partial charge >= 0.3 is 0 Å². The van der Waals surface area contributed by atoms with Crippen molar-refractivity contribution in [2.24, 2.45) is 0 Å². The molecule has 1 amide bonds. The van der Waals surface area contributed by atoms with Gasteiger partial charge in [-0.25, -0.2) is 10.2 Å². The number of benzene rings is 2. The van der Waals surface area contributed by atoms with E-state index in [0.717, 1.165) is 5.56 Å². The minimum Gasteiger partial charge on any atom is -0.497 e. The van der Waals surface area contributed by atoms with Crippen LogP contribution in [-0.2, 0) is 4.84 Å². The molecule has 0 spiro atoms. The van der Waals surface area contributed by atoms with Crippen LogP contribution in [0.2, 0.25) is 5.02 Å². The van der Waals surface area contributed by atoms with Crippen LogP contribution in [-0.4, -0.2) is 36.5 Å². The number of halogens is 1.